The molecular formula is C28H30ClF3N6O3. The first-order valence-corrected chi connectivity index (χ1v) is 13.9. The van der Waals surface area contributed by atoms with Crippen molar-refractivity contribution in [3.05, 3.63) is 41.2 Å². The molecule has 0 spiro atoms. The standard InChI is InChI=1S/C28H30ClF3N6O3/c1-27(2,3)41-26(39)38-12-15-9-16(38)11-37(15)25-17(30)10-19-23(36-25)24(34-14-33-19)35-18-5-6-20(21(29)22(18)31)40-13-28(32)7-4-8-28/h5-6,10,14-16H,4,7-9,11-13H2,1-3H3,(H,33,34,35)/t15-,16-/m0/s1. The summed E-state index contributed by atoms with van der Waals surface area (Å²) in [7, 11) is 0. The minimum absolute atomic E-state index is 0.0122. The quantitative estimate of drug-likeness (QED) is 0.364. The zero-order chi connectivity index (χ0) is 29.1. The lowest BCUT2D eigenvalue weighted by molar-refractivity contribution is 0.0124. The Labute approximate surface area is 240 Å². The fourth-order valence-corrected chi connectivity index (χ4v) is 5.71. The van der Waals surface area contributed by atoms with Crippen molar-refractivity contribution in [2.75, 3.05) is 29.9 Å². The number of amides is 1. The lowest BCUT2D eigenvalue weighted by Crippen LogP contribution is -2.50. The van der Waals surface area contributed by atoms with Crippen molar-refractivity contribution in [2.45, 2.75) is 69.8 Å². The molecule has 1 amide bonds. The van der Waals surface area contributed by atoms with Crippen LogP contribution < -0.4 is 15.0 Å². The predicted molar refractivity (Wildman–Crippen MR) is 148 cm³/mol. The maximum absolute atomic E-state index is 15.3. The summed E-state index contributed by atoms with van der Waals surface area (Å²) in [5.41, 5.74) is -1.57. The molecule has 0 unspecified atom stereocenters. The highest BCUT2D eigenvalue weighted by Gasteiger charge is 2.47. The zero-order valence-electron chi connectivity index (χ0n) is 22.9. The van der Waals surface area contributed by atoms with Crippen molar-refractivity contribution in [3.8, 4) is 5.75 Å². The van der Waals surface area contributed by atoms with Crippen LogP contribution >= 0.6 is 11.6 Å². The molecule has 3 fully saturated rings. The van der Waals surface area contributed by atoms with E-state index in [9.17, 15) is 9.18 Å². The lowest BCUT2D eigenvalue weighted by Gasteiger charge is -2.35. The Morgan fingerprint density at radius 2 is 1.98 bits per heavy atom. The number of benzene rings is 1. The van der Waals surface area contributed by atoms with E-state index in [1.54, 1.807) is 4.90 Å². The molecule has 41 heavy (non-hydrogen) atoms. The van der Waals surface area contributed by atoms with E-state index < -0.39 is 22.9 Å². The molecule has 4 heterocycles. The van der Waals surface area contributed by atoms with Gasteiger partial charge in [-0.3, -0.25) is 0 Å². The Kier molecular flexibility index (Phi) is 6.79. The maximum atomic E-state index is 15.3. The number of halogens is 4. The van der Waals surface area contributed by atoms with Crippen molar-refractivity contribution in [1.82, 2.24) is 19.9 Å². The van der Waals surface area contributed by atoms with Crippen LogP contribution in [0, 0.1) is 11.6 Å². The van der Waals surface area contributed by atoms with Gasteiger partial charge in [0, 0.05) is 19.2 Å². The molecule has 13 heteroatoms. The minimum Gasteiger partial charge on any atom is -0.489 e. The van der Waals surface area contributed by atoms with Gasteiger partial charge in [-0.1, -0.05) is 11.6 Å². The third-order valence-corrected chi connectivity index (χ3v) is 8.07. The van der Waals surface area contributed by atoms with Gasteiger partial charge in [-0.2, -0.15) is 0 Å². The summed E-state index contributed by atoms with van der Waals surface area (Å²) in [6.07, 6.45) is 3.10. The summed E-state index contributed by atoms with van der Waals surface area (Å²) in [6.45, 7) is 6.02. The highest BCUT2D eigenvalue weighted by molar-refractivity contribution is 6.32. The van der Waals surface area contributed by atoms with Crippen LogP contribution in [0.3, 0.4) is 0 Å². The molecule has 3 aliphatic rings. The van der Waals surface area contributed by atoms with Crippen LogP contribution in [0.4, 0.5) is 35.3 Å². The largest absolute Gasteiger partial charge is 0.489 e. The molecule has 218 valence electrons. The van der Waals surface area contributed by atoms with Gasteiger partial charge in [-0.25, -0.2) is 32.9 Å². The third kappa shape index (κ3) is 5.29. The van der Waals surface area contributed by atoms with E-state index in [-0.39, 0.29) is 63.9 Å². The number of hydrogen-bond acceptors (Lipinski definition) is 8. The SMILES string of the molecule is CC(C)(C)OC(=O)N1C[C@@H]2C[C@H]1CN2c1nc2c(Nc3ccc(OCC4(F)CCC4)c(Cl)c3F)ncnc2cc1F. The van der Waals surface area contributed by atoms with Crippen molar-refractivity contribution in [3.63, 3.8) is 0 Å². The van der Waals surface area contributed by atoms with Gasteiger partial charge in [0.05, 0.1) is 23.3 Å². The van der Waals surface area contributed by atoms with E-state index in [0.29, 0.717) is 32.4 Å². The highest BCUT2D eigenvalue weighted by atomic mass is 35.5. The number of nitrogens with zero attached hydrogens (tertiary/aromatic N) is 5. The number of carbonyl (C=O) groups is 1. The molecule has 1 aliphatic carbocycles. The maximum Gasteiger partial charge on any atom is 0.410 e. The van der Waals surface area contributed by atoms with Crippen molar-refractivity contribution >= 4 is 46.1 Å². The molecule has 0 radical (unpaired) electrons. The number of pyridine rings is 1. The van der Waals surface area contributed by atoms with Crippen LogP contribution in [0.2, 0.25) is 5.02 Å². The van der Waals surface area contributed by atoms with Crippen molar-refractivity contribution in [1.29, 1.82) is 0 Å². The summed E-state index contributed by atoms with van der Waals surface area (Å²) >= 11 is 6.21. The first-order valence-electron chi connectivity index (χ1n) is 13.5. The van der Waals surface area contributed by atoms with Crippen molar-refractivity contribution < 1.29 is 27.4 Å². The van der Waals surface area contributed by atoms with Crippen LogP contribution in [0.15, 0.2) is 24.5 Å². The molecule has 2 aliphatic heterocycles. The summed E-state index contributed by atoms with van der Waals surface area (Å²) < 4.78 is 55.8. The van der Waals surface area contributed by atoms with Crippen LogP contribution in [0.5, 0.6) is 5.75 Å². The van der Waals surface area contributed by atoms with E-state index >= 15 is 8.78 Å². The molecule has 2 aromatic heterocycles. The van der Waals surface area contributed by atoms with Gasteiger partial charge in [0.25, 0.3) is 0 Å². The van der Waals surface area contributed by atoms with Crippen LogP contribution in [0.1, 0.15) is 46.5 Å². The van der Waals surface area contributed by atoms with E-state index in [1.807, 2.05) is 25.7 Å². The summed E-state index contributed by atoms with van der Waals surface area (Å²) in [5.74, 6) is -1.08. The number of fused-ring (bicyclic) bond motifs is 3. The number of rotatable bonds is 6. The Hall–Kier alpha value is -3.54. The summed E-state index contributed by atoms with van der Waals surface area (Å²) in [6, 6.07) is 3.85. The molecule has 1 saturated carbocycles. The number of carbonyl (C=O) groups excluding carboxylic acids is 1. The normalized spacial score (nSPS) is 21.2. The second-order valence-electron chi connectivity index (χ2n) is 11.9. The summed E-state index contributed by atoms with van der Waals surface area (Å²) in [5, 5.41) is 2.59. The molecule has 1 N–H and O–H groups in total. The molecule has 6 rings (SSSR count). The molecule has 1 aromatic carbocycles. The van der Waals surface area contributed by atoms with E-state index in [4.69, 9.17) is 21.1 Å². The predicted octanol–water partition coefficient (Wildman–Crippen LogP) is 6.17. The number of alkyl halides is 1. The lowest BCUT2D eigenvalue weighted by atomic mass is 9.83. The fraction of sp³-hybridized carbons (Fsp3) is 0.500. The third-order valence-electron chi connectivity index (χ3n) is 7.72. The first kappa shape index (κ1) is 27.6. The van der Waals surface area contributed by atoms with Crippen LogP contribution in [-0.4, -0.2) is 69.0 Å². The van der Waals surface area contributed by atoms with Gasteiger partial charge in [0.2, 0.25) is 0 Å². The number of likely N-dealkylation sites (tertiary alicyclic amines) is 1. The second-order valence-corrected chi connectivity index (χ2v) is 12.2. The van der Waals surface area contributed by atoms with Gasteiger partial charge >= 0.3 is 6.09 Å². The molecule has 2 atom stereocenters. The zero-order valence-corrected chi connectivity index (χ0v) is 23.6. The highest BCUT2D eigenvalue weighted by Crippen LogP contribution is 2.40. The van der Waals surface area contributed by atoms with Crippen LogP contribution in [0.25, 0.3) is 11.0 Å². The topological polar surface area (TPSA) is 92.7 Å². The second kappa shape index (κ2) is 10.1. The van der Waals surface area contributed by atoms with Crippen LogP contribution in [-0.2, 0) is 4.74 Å². The molecule has 9 nitrogen and oxygen atoms in total. The fourth-order valence-electron chi connectivity index (χ4n) is 5.49. The van der Waals surface area contributed by atoms with Gasteiger partial charge < -0.3 is 24.6 Å². The number of nitrogens with one attached hydrogen (secondary N) is 1. The van der Waals surface area contributed by atoms with E-state index in [2.05, 4.69) is 20.3 Å². The summed E-state index contributed by atoms with van der Waals surface area (Å²) in [4.78, 5) is 29.0. The number of anilines is 3. The number of aromatic nitrogens is 3. The number of piperazine rings is 1. The monoisotopic (exact) mass is 590 g/mol. The molecule has 2 saturated heterocycles. The van der Waals surface area contributed by atoms with Gasteiger partial charge in [0.1, 0.15) is 40.5 Å². The van der Waals surface area contributed by atoms with Crippen molar-refractivity contribution in [2.24, 2.45) is 0 Å². The minimum atomic E-state index is -1.40. The molecule has 3 aromatic rings. The van der Waals surface area contributed by atoms with Gasteiger partial charge in [0.15, 0.2) is 23.3 Å². The van der Waals surface area contributed by atoms with E-state index in [1.165, 1.54) is 24.5 Å². The Balaban J connectivity index is 1.23. The average molecular weight is 591 g/mol. The van der Waals surface area contributed by atoms with E-state index in [0.717, 1.165) is 6.42 Å². The first-order chi connectivity index (χ1) is 19.4. The molecule has 2 bridgehead atoms. The van der Waals surface area contributed by atoms with Gasteiger partial charge in [-0.05, 0) is 58.6 Å². The number of ether oxygens (including phenoxy) is 2. The Morgan fingerprint density at radius 3 is 2.63 bits per heavy atom. The Bertz CT molecular complexity index is 1520. The number of hydrogen-bond donors (Lipinski definition) is 1. The Morgan fingerprint density at radius 1 is 1.20 bits per heavy atom. The van der Waals surface area contributed by atoms with Gasteiger partial charge in [-0.15, -0.1) is 0 Å². The molecular weight excluding hydrogens is 561 g/mol. The average Bonchev–Trinajstić information content (AvgIpc) is 3.50. The smallest absolute Gasteiger partial charge is 0.410 e.